The van der Waals surface area contributed by atoms with Crippen molar-refractivity contribution >= 4 is 28.1 Å². The Bertz CT molecular complexity index is 1020. The fourth-order valence-corrected chi connectivity index (χ4v) is 7.40. The van der Waals surface area contributed by atoms with Crippen molar-refractivity contribution < 1.29 is 46.4 Å². The highest BCUT2D eigenvalue weighted by atomic mass is 31.2. The molecule has 12 heteroatoms. The van der Waals surface area contributed by atoms with Crippen LogP contribution in [0.3, 0.4) is 0 Å². The van der Waals surface area contributed by atoms with Crippen molar-refractivity contribution in [2.24, 2.45) is 11.8 Å². The van der Waals surface area contributed by atoms with E-state index in [1.807, 2.05) is 0 Å². The van der Waals surface area contributed by atoms with Gasteiger partial charge in [-0.2, -0.15) is 0 Å². The molecule has 1 aliphatic carbocycles. The van der Waals surface area contributed by atoms with Gasteiger partial charge in [-0.05, 0) is 56.8 Å². The van der Waals surface area contributed by atoms with Crippen LogP contribution in [0.15, 0.2) is 23.5 Å². The zero-order valence-corrected chi connectivity index (χ0v) is 28.6. The summed E-state index contributed by atoms with van der Waals surface area (Å²) in [6.45, 7) is 20.2. The van der Waals surface area contributed by atoms with Crippen LogP contribution in [0.2, 0.25) is 18.1 Å². The number of hydrogen-bond acceptors (Lipinski definition) is 10. The smallest absolute Gasteiger partial charge is 0.469 e. The maximum Gasteiger partial charge on any atom is 0.475 e. The van der Waals surface area contributed by atoms with Crippen molar-refractivity contribution in [2.45, 2.75) is 117 Å². The fraction of sp³-hybridized carbons (Fsp3) is 0.793. The first kappa shape index (κ1) is 35.7. The molecule has 0 spiro atoms. The van der Waals surface area contributed by atoms with Gasteiger partial charge in [-0.15, -0.1) is 0 Å². The standard InChI is InChI=1S/C29H51O10PSi/c1-12-34-40(32,35-13-2)38-24(21-15-14-20(3)18-25(21)39-41(10,11)28(4,5)6)17-16-23-22(19-26(30)33-9)27(31)37-29(7,8)36-23/h16-17,20-21,24-25H,12-15,18-19H2,1-11H3/b17-16+. The molecule has 2 aliphatic rings. The van der Waals surface area contributed by atoms with Crippen molar-refractivity contribution in [2.75, 3.05) is 20.3 Å². The van der Waals surface area contributed by atoms with Gasteiger partial charge < -0.3 is 18.6 Å². The molecule has 0 aromatic carbocycles. The molecule has 0 aromatic rings. The van der Waals surface area contributed by atoms with Crippen LogP contribution in [0, 0.1) is 11.8 Å². The Morgan fingerprint density at radius 1 is 1.15 bits per heavy atom. The molecule has 1 saturated carbocycles. The van der Waals surface area contributed by atoms with E-state index in [1.54, 1.807) is 39.8 Å². The second kappa shape index (κ2) is 14.3. The van der Waals surface area contributed by atoms with Gasteiger partial charge in [0.15, 0.2) is 8.32 Å². The number of phosphoric acid groups is 1. The summed E-state index contributed by atoms with van der Waals surface area (Å²) in [6.07, 6.45) is 4.55. The van der Waals surface area contributed by atoms with E-state index in [0.29, 0.717) is 5.92 Å². The van der Waals surface area contributed by atoms with Crippen molar-refractivity contribution in [3.8, 4) is 0 Å². The summed E-state index contributed by atoms with van der Waals surface area (Å²) >= 11 is 0. The highest BCUT2D eigenvalue weighted by molar-refractivity contribution is 7.48. The third-order valence-corrected chi connectivity index (χ3v) is 14.0. The van der Waals surface area contributed by atoms with Gasteiger partial charge >= 0.3 is 19.8 Å². The molecule has 4 atom stereocenters. The fourth-order valence-electron chi connectivity index (χ4n) is 4.66. The van der Waals surface area contributed by atoms with Gasteiger partial charge in [0.25, 0.3) is 0 Å². The van der Waals surface area contributed by atoms with Crippen LogP contribution in [0.1, 0.15) is 81.1 Å². The zero-order valence-electron chi connectivity index (χ0n) is 26.7. The highest BCUT2D eigenvalue weighted by Gasteiger charge is 2.45. The van der Waals surface area contributed by atoms with Crippen LogP contribution in [0.5, 0.6) is 0 Å². The molecule has 0 aromatic heterocycles. The summed E-state index contributed by atoms with van der Waals surface area (Å²) in [5.41, 5.74) is 0.0234. The SMILES string of the molecule is CCOP(=O)(OCC)OC(/C=C/C1=C(CC(=O)OC)C(=O)OC(C)(C)O1)C1CCC(C)CC1O[Si](C)(C)C(C)(C)C. The van der Waals surface area contributed by atoms with E-state index in [0.717, 1.165) is 19.3 Å². The van der Waals surface area contributed by atoms with E-state index in [2.05, 4.69) is 40.8 Å². The molecule has 10 nitrogen and oxygen atoms in total. The van der Waals surface area contributed by atoms with Crippen LogP contribution in [-0.4, -0.2) is 58.6 Å². The maximum absolute atomic E-state index is 13.6. The average molecular weight is 619 g/mol. The Morgan fingerprint density at radius 2 is 1.76 bits per heavy atom. The van der Waals surface area contributed by atoms with Gasteiger partial charge in [0.05, 0.1) is 44.5 Å². The molecule has 0 N–H and O–H groups in total. The number of cyclic esters (lactones) is 1. The molecular formula is C29H51O10PSi. The third-order valence-electron chi connectivity index (χ3n) is 7.83. The van der Waals surface area contributed by atoms with Crippen molar-refractivity contribution in [3.63, 3.8) is 0 Å². The molecule has 1 heterocycles. The van der Waals surface area contributed by atoms with Gasteiger partial charge in [0.2, 0.25) is 5.79 Å². The highest BCUT2D eigenvalue weighted by Crippen LogP contribution is 2.53. The van der Waals surface area contributed by atoms with Gasteiger partial charge in [-0.3, -0.25) is 18.4 Å². The van der Waals surface area contributed by atoms with Gasteiger partial charge in [-0.1, -0.05) is 40.2 Å². The lowest BCUT2D eigenvalue weighted by atomic mass is 9.78. The summed E-state index contributed by atoms with van der Waals surface area (Å²) in [4.78, 5) is 24.9. The lowest BCUT2D eigenvalue weighted by Gasteiger charge is -2.45. The van der Waals surface area contributed by atoms with Crippen molar-refractivity contribution in [3.05, 3.63) is 23.5 Å². The van der Waals surface area contributed by atoms with E-state index in [4.69, 9.17) is 32.2 Å². The minimum Gasteiger partial charge on any atom is -0.469 e. The minimum absolute atomic E-state index is 0.00809. The summed E-state index contributed by atoms with van der Waals surface area (Å²) in [7, 11) is -4.87. The first-order valence-corrected chi connectivity index (χ1v) is 18.9. The number of phosphoric ester groups is 1. The second-order valence-corrected chi connectivity index (χ2v) is 19.1. The van der Waals surface area contributed by atoms with Gasteiger partial charge in [0, 0.05) is 19.8 Å². The molecule has 0 bridgehead atoms. The summed E-state index contributed by atoms with van der Waals surface area (Å²) < 4.78 is 53.9. The monoisotopic (exact) mass is 618 g/mol. The number of esters is 2. The molecule has 0 radical (unpaired) electrons. The first-order valence-electron chi connectivity index (χ1n) is 14.5. The van der Waals surface area contributed by atoms with Gasteiger partial charge in [-0.25, -0.2) is 9.36 Å². The summed E-state index contributed by atoms with van der Waals surface area (Å²) in [6, 6.07) is 0. The Morgan fingerprint density at radius 3 is 2.29 bits per heavy atom. The number of rotatable bonds is 13. The van der Waals surface area contributed by atoms with Crippen LogP contribution in [0.4, 0.5) is 0 Å². The van der Waals surface area contributed by atoms with Crippen molar-refractivity contribution in [1.29, 1.82) is 0 Å². The molecule has 4 unspecified atom stereocenters. The number of ether oxygens (including phenoxy) is 3. The second-order valence-electron chi connectivity index (χ2n) is 12.7. The molecule has 41 heavy (non-hydrogen) atoms. The maximum atomic E-state index is 13.6. The first-order chi connectivity index (χ1) is 18.9. The van der Waals surface area contributed by atoms with E-state index in [1.165, 1.54) is 7.11 Å². The van der Waals surface area contributed by atoms with Gasteiger partial charge in [0.1, 0.15) is 5.76 Å². The van der Waals surface area contributed by atoms with Crippen LogP contribution >= 0.6 is 7.82 Å². The molecule has 1 aliphatic heterocycles. The average Bonchev–Trinajstić information content (AvgIpc) is 2.82. The van der Waals surface area contributed by atoms with Crippen LogP contribution < -0.4 is 0 Å². The summed E-state index contributed by atoms with van der Waals surface area (Å²) in [5, 5.41) is -0.00809. The zero-order chi connectivity index (χ0) is 31.2. The van der Waals surface area contributed by atoms with Crippen LogP contribution in [0.25, 0.3) is 0 Å². The Balaban J connectivity index is 2.60. The minimum atomic E-state index is -3.94. The number of carbonyl (C=O) groups excluding carboxylic acids is 2. The Hall–Kier alpha value is -1.49. The lowest BCUT2D eigenvalue weighted by Crippen LogP contribution is -2.49. The largest absolute Gasteiger partial charge is 0.475 e. The molecule has 0 saturated heterocycles. The summed E-state index contributed by atoms with van der Waals surface area (Å²) in [5.74, 6) is -2.13. The third kappa shape index (κ3) is 10.0. The van der Waals surface area contributed by atoms with Crippen molar-refractivity contribution in [1.82, 2.24) is 0 Å². The van der Waals surface area contributed by atoms with E-state index >= 15 is 0 Å². The van der Waals surface area contributed by atoms with Crippen LogP contribution in [-0.2, 0) is 46.4 Å². The number of allylic oxidation sites excluding steroid dienone is 1. The molecule has 0 amide bonds. The molecule has 236 valence electrons. The molecule has 1 fully saturated rings. The van der Waals surface area contributed by atoms with E-state index < -0.39 is 40.0 Å². The predicted molar refractivity (Wildman–Crippen MR) is 158 cm³/mol. The Labute approximate surface area is 247 Å². The molecule has 2 rings (SSSR count). The molecular weight excluding hydrogens is 567 g/mol. The Kier molecular flexibility index (Phi) is 12.5. The van der Waals surface area contributed by atoms with E-state index in [-0.39, 0.29) is 48.0 Å². The quantitative estimate of drug-likeness (QED) is 0.121. The number of carbonyl (C=O) groups is 2. The number of hydrogen-bond donors (Lipinski definition) is 0. The lowest BCUT2D eigenvalue weighted by molar-refractivity contribution is -0.206. The number of methoxy groups -OCH3 is 1. The predicted octanol–water partition coefficient (Wildman–Crippen LogP) is 7.06. The normalized spacial score (nSPS) is 24.7. The topological polar surface area (TPSA) is 116 Å². The van der Waals surface area contributed by atoms with E-state index in [9.17, 15) is 14.2 Å².